The van der Waals surface area contributed by atoms with Gasteiger partial charge in [0.05, 0.1) is 0 Å². The molecule has 0 saturated carbocycles. The van der Waals surface area contributed by atoms with Gasteiger partial charge in [-0.2, -0.15) is 0 Å². The van der Waals surface area contributed by atoms with Crippen LogP contribution in [0.1, 0.15) is 42.0 Å². The van der Waals surface area contributed by atoms with Crippen molar-refractivity contribution in [3.63, 3.8) is 0 Å². The van der Waals surface area contributed by atoms with Crippen molar-refractivity contribution in [1.29, 1.82) is 0 Å². The molecular weight excluding hydrogens is 506 g/mol. The third kappa shape index (κ3) is 5.66. The number of fused-ring (bicyclic) bond motifs is 2. The fourth-order valence-electron chi connectivity index (χ4n) is 5.80. The van der Waals surface area contributed by atoms with Crippen molar-refractivity contribution in [2.75, 3.05) is 6.54 Å². The molecule has 0 aromatic heterocycles. The van der Waals surface area contributed by atoms with Crippen molar-refractivity contribution in [1.82, 2.24) is 15.1 Å². The van der Waals surface area contributed by atoms with Crippen molar-refractivity contribution >= 4 is 17.7 Å². The molecule has 3 aromatic carbocycles. The van der Waals surface area contributed by atoms with E-state index in [1.54, 1.807) is 58.3 Å². The van der Waals surface area contributed by atoms with E-state index in [0.717, 1.165) is 22.3 Å². The molecule has 0 unspecified atom stereocenters. The van der Waals surface area contributed by atoms with E-state index in [0.29, 0.717) is 38.8 Å². The lowest BCUT2D eigenvalue weighted by Crippen LogP contribution is -2.70. The largest absolute Gasteiger partial charge is 0.508 e. The Morgan fingerprint density at radius 2 is 1.52 bits per heavy atom. The van der Waals surface area contributed by atoms with Crippen LogP contribution in [0.4, 0.5) is 0 Å². The fraction of sp³-hybridized carbons (Fsp3) is 0.344. The maximum absolute atomic E-state index is 14.2. The topological polar surface area (TPSA) is 110 Å². The second kappa shape index (κ2) is 11.8. The first-order chi connectivity index (χ1) is 19.4. The predicted octanol–water partition coefficient (Wildman–Crippen LogP) is 3.33. The second-order valence-corrected chi connectivity index (χ2v) is 10.6. The van der Waals surface area contributed by atoms with Crippen LogP contribution in [0.25, 0.3) is 0 Å². The summed E-state index contributed by atoms with van der Waals surface area (Å²) < 4.78 is 0. The zero-order valence-corrected chi connectivity index (χ0v) is 22.6. The summed E-state index contributed by atoms with van der Waals surface area (Å²) in [5.74, 6) is -0.336. The van der Waals surface area contributed by atoms with Gasteiger partial charge in [0.1, 0.15) is 29.6 Å². The van der Waals surface area contributed by atoms with Crippen LogP contribution in [0.2, 0.25) is 0 Å². The van der Waals surface area contributed by atoms with Crippen LogP contribution in [0.5, 0.6) is 11.5 Å². The number of benzene rings is 3. The van der Waals surface area contributed by atoms with Gasteiger partial charge in [0.25, 0.3) is 0 Å². The standard InChI is InChI=1S/C32H35N3O5/c1-2-5-27(30(38)33-17-16-21-8-12-25(36)13-9-21)35-29(18-22-10-14-26(37)15-11-22)31(39)34-20-24-7-4-3-6-23(24)19-28(34)32(35)40/h3-4,6-15,27-29,36-37H,2,5,16-20H2,1H3,(H,33,38)/t27-,28-,29-/m0/s1. The van der Waals surface area contributed by atoms with Crippen LogP contribution in [0.3, 0.4) is 0 Å². The highest BCUT2D eigenvalue weighted by atomic mass is 16.3. The van der Waals surface area contributed by atoms with E-state index in [9.17, 15) is 24.6 Å². The molecule has 0 spiro atoms. The molecule has 2 heterocycles. The van der Waals surface area contributed by atoms with E-state index < -0.39 is 18.1 Å². The van der Waals surface area contributed by atoms with E-state index in [1.807, 2.05) is 31.2 Å². The number of phenolic OH excluding ortho intramolecular Hbond substituents is 2. The Bertz CT molecular complexity index is 1370. The zero-order chi connectivity index (χ0) is 28.2. The lowest BCUT2D eigenvalue weighted by Gasteiger charge is -2.49. The molecule has 8 heteroatoms. The molecule has 3 aromatic rings. The monoisotopic (exact) mass is 541 g/mol. The van der Waals surface area contributed by atoms with Gasteiger partial charge in [-0.05, 0) is 59.4 Å². The van der Waals surface area contributed by atoms with E-state index in [4.69, 9.17) is 0 Å². The van der Waals surface area contributed by atoms with E-state index in [-0.39, 0.29) is 35.6 Å². The van der Waals surface area contributed by atoms with E-state index in [1.165, 1.54) is 0 Å². The molecule has 5 rings (SSSR count). The minimum Gasteiger partial charge on any atom is -0.508 e. The summed E-state index contributed by atoms with van der Waals surface area (Å²) in [6.45, 7) is 2.69. The minimum absolute atomic E-state index is 0.122. The Hall–Kier alpha value is -4.33. The average Bonchev–Trinajstić information content (AvgIpc) is 2.96. The van der Waals surface area contributed by atoms with Gasteiger partial charge in [-0.1, -0.05) is 61.9 Å². The van der Waals surface area contributed by atoms with Crippen LogP contribution in [0.15, 0.2) is 72.8 Å². The second-order valence-electron chi connectivity index (χ2n) is 10.6. The molecular formula is C32H35N3O5. The summed E-state index contributed by atoms with van der Waals surface area (Å²) in [5, 5.41) is 22.3. The van der Waals surface area contributed by atoms with Gasteiger partial charge in [0, 0.05) is 25.9 Å². The van der Waals surface area contributed by atoms with Gasteiger partial charge in [0.15, 0.2) is 0 Å². The summed E-state index contributed by atoms with van der Waals surface area (Å²) >= 11 is 0. The molecule has 0 aliphatic carbocycles. The van der Waals surface area contributed by atoms with Gasteiger partial charge in [-0.25, -0.2) is 0 Å². The van der Waals surface area contributed by atoms with Gasteiger partial charge in [0.2, 0.25) is 17.7 Å². The van der Waals surface area contributed by atoms with Gasteiger partial charge >= 0.3 is 0 Å². The summed E-state index contributed by atoms with van der Waals surface area (Å²) in [6, 6.07) is 19.0. The fourth-order valence-corrected chi connectivity index (χ4v) is 5.80. The van der Waals surface area contributed by atoms with E-state index in [2.05, 4.69) is 5.32 Å². The average molecular weight is 542 g/mol. The quantitative estimate of drug-likeness (QED) is 0.385. The molecule has 208 valence electrons. The Kier molecular flexibility index (Phi) is 8.05. The minimum atomic E-state index is -0.835. The molecule has 3 N–H and O–H groups in total. The SMILES string of the molecule is CCC[C@@H](C(=O)NCCc1ccc(O)cc1)N1C(=O)[C@@H]2Cc3ccccc3CN2C(=O)[C@@H]1Cc1ccc(O)cc1. The molecule has 2 aliphatic heterocycles. The lowest BCUT2D eigenvalue weighted by molar-refractivity contribution is -0.167. The number of rotatable bonds is 9. The third-order valence-electron chi connectivity index (χ3n) is 7.91. The zero-order valence-electron chi connectivity index (χ0n) is 22.6. The van der Waals surface area contributed by atoms with Gasteiger partial charge < -0.3 is 25.3 Å². The van der Waals surface area contributed by atoms with Crippen molar-refractivity contribution in [2.24, 2.45) is 0 Å². The lowest BCUT2D eigenvalue weighted by atomic mass is 9.87. The van der Waals surface area contributed by atoms with E-state index >= 15 is 0 Å². The molecule has 0 bridgehead atoms. The third-order valence-corrected chi connectivity index (χ3v) is 7.91. The molecule has 8 nitrogen and oxygen atoms in total. The normalized spacial score (nSPS) is 19.1. The molecule has 1 saturated heterocycles. The van der Waals surface area contributed by atoms with Crippen LogP contribution in [-0.2, 0) is 40.2 Å². The number of amides is 3. The van der Waals surface area contributed by atoms with Crippen molar-refractivity contribution < 1.29 is 24.6 Å². The maximum atomic E-state index is 14.2. The number of nitrogens with zero attached hydrogens (tertiary/aromatic N) is 2. The summed E-state index contributed by atoms with van der Waals surface area (Å²) in [4.78, 5) is 45.1. The van der Waals surface area contributed by atoms with Crippen LogP contribution in [-0.4, -0.2) is 62.4 Å². The molecule has 3 atom stereocenters. The van der Waals surface area contributed by atoms with Crippen LogP contribution < -0.4 is 5.32 Å². The molecule has 0 radical (unpaired) electrons. The van der Waals surface area contributed by atoms with Crippen molar-refractivity contribution in [3.8, 4) is 11.5 Å². The first-order valence-electron chi connectivity index (χ1n) is 13.9. The number of nitrogens with one attached hydrogen (secondary N) is 1. The number of aromatic hydroxyl groups is 2. The Morgan fingerprint density at radius 3 is 2.17 bits per heavy atom. The van der Waals surface area contributed by atoms with Crippen molar-refractivity contribution in [2.45, 2.75) is 63.7 Å². The smallest absolute Gasteiger partial charge is 0.247 e. The Balaban J connectivity index is 1.43. The first-order valence-corrected chi connectivity index (χ1v) is 13.9. The van der Waals surface area contributed by atoms with Crippen LogP contribution >= 0.6 is 0 Å². The number of carbonyl (C=O) groups excluding carboxylic acids is 3. The van der Waals surface area contributed by atoms with Crippen LogP contribution in [0, 0.1) is 0 Å². The highest BCUT2D eigenvalue weighted by molar-refractivity contribution is 6.00. The maximum Gasteiger partial charge on any atom is 0.247 e. The first kappa shape index (κ1) is 27.2. The predicted molar refractivity (Wildman–Crippen MR) is 150 cm³/mol. The number of phenols is 2. The molecule has 40 heavy (non-hydrogen) atoms. The molecule has 1 fully saturated rings. The number of piperazine rings is 1. The molecule has 2 aliphatic rings. The number of hydrogen-bond acceptors (Lipinski definition) is 5. The van der Waals surface area contributed by atoms with Gasteiger partial charge in [-0.3, -0.25) is 14.4 Å². The Morgan fingerprint density at radius 1 is 0.900 bits per heavy atom. The summed E-state index contributed by atoms with van der Waals surface area (Å²) in [5.41, 5.74) is 3.85. The van der Waals surface area contributed by atoms with Crippen molar-refractivity contribution in [3.05, 3.63) is 95.1 Å². The highest BCUT2D eigenvalue weighted by Gasteiger charge is 2.50. The summed E-state index contributed by atoms with van der Waals surface area (Å²) in [6.07, 6.45) is 2.33. The van der Waals surface area contributed by atoms with Gasteiger partial charge in [-0.15, -0.1) is 0 Å². The summed E-state index contributed by atoms with van der Waals surface area (Å²) in [7, 11) is 0. The Labute approximate surface area is 234 Å². The molecule has 3 amide bonds. The highest BCUT2D eigenvalue weighted by Crippen LogP contribution is 2.32. The number of carbonyl (C=O) groups is 3. The number of hydrogen-bond donors (Lipinski definition) is 3.